The van der Waals surface area contributed by atoms with Gasteiger partial charge in [-0.3, -0.25) is 0 Å². The van der Waals surface area contributed by atoms with E-state index in [9.17, 15) is 0 Å². The minimum atomic E-state index is 0.381. The first-order chi connectivity index (χ1) is 6.89. The fraction of sp³-hybridized carbons (Fsp3) is 1.00. The summed E-state index contributed by atoms with van der Waals surface area (Å²) in [6.45, 7) is 14.9. The smallest absolute Gasteiger partial charge is 0.0112 e. The molecule has 15 heavy (non-hydrogen) atoms. The largest absolute Gasteiger partial charge is 0.317 e. The quantitative estimate of drug-likeness (QED) is 0.656. The molecule has 0 saturated heterocycles. The summed E-state index contributed by atoms with van der Waals surface area (Å²) in [4.78, 5) is 2.47. The average molecular weight is 214 g/mol. The van der Waals surface area contributed by atoms with Gasteiger partial charge in [0.1, 0.15) is 0 Å². The Hall–Kier alpha value is -0.0800. The van der Waals surface area contributed by atoms with Crippen LogP contribution in [0.2, 0.25) is 0 Å². The van der Waals surface area contributed by atoms with Gasteiger partial charge >= 0.3 is 0 Å². The van der Waals surface area contributed by atoms with Gasteiger partial charge in [-0.15, -0.1) is 0 Å². The molecule has 0 spiro atoms. The van der Waals surface area contributed by atoms with E-state index in [1.54, 1.807) is 0 Å². The zero-order valence-electron chi connectivity index (χ0n) is 11.6. The Bertz CT molecular complexity index is 149. The lowest BCUT2D eigenvalue weighted by molar-refractivity contribution is 0.140. The van der Waals surface area contributed by atoms with Crippen LogP contribution in [-0.4, -0.2) is 37.6 Å². The molecule has 0 rings (SSSR count). The zero-order valence-corrected chi connectivity index (χ0v) is 11.6. The highest BCUT2D eigenvalue weighted by Crippen LogP contribution is 2.22. The standard InChI is InChI=1S/C13H30N2/c1-7-9-14-10-8-11-15(6)12(2)13(3,4)5/h12,14H,7-11H2,1-6H3. The maximum absolute atomic E-state index is 3.44. The van der Waals surface area contributed by atoms with E-state index in [0.29, 0.717) is 11.5 Å². The summed E-state index contributed by atoms with van der Waals surface area (Å²) in [6, 6.07) is 0.642. The van der Waals surface area contributed by atoms with Crippen molar-refractivity contribution in [3.63, 3.8) is 0 Å². The molecule has 0 aromatic carbocycles. The fourth-order valence-corrected chi connectivity index (χ4v) is 1.61. The Balaban J connectivity index is 3.60. The lowest BCUT2D eigenvalue weighted by atomic mass is 9.87. The first-order valence-electron chi connectivity index (χ1n) is 6.30. The van der Waals surface area contributed by atoms with Crippen molar-refractivity contribution in [1.82, 2.24) is 10.2 Å². The molecule has 1 atom stereocenters. The molecule has 0 heterocycles. The minimum absolute atomic E-state index is 0.381. The monoisotopic (exact) mass is 214 g/mol. The van der Waals surface area contributed by atoms with Crippen LogP contribution in [0.3, 0.4) is 0 Å². The molecule has 0 radical (unpaired) electrons. The van der Waals surface area contributed by atoms with Crippen LogP contribution in [0.1, 0.15) is 47.5 Å². The second kappa shape index (κ2) is 7.24. The highest BCUT2D eigenvalue weighted by atomic mass is 15.1. The van der Waals surface area contributed by atoms with E-state index in [0.717, 1.165) is 13.1 Å². The van der Waals surface area contributed by atoms with Crippen LogP contribution in [0.25, 0.3) is 0 Å². The van der Waals surface area contributed by atoms with Crippen LogP contribution in [0, 0.1) is 5.41 Å². The van der Waals surface area contributed by atoms with Crippen LogP contribution in [0.5, 0.6) is 0 Å². The maximum atomic E-state index is 3.44. The predicted octanol–water partition coefficient (Wildman–Crippen LogP) is 2.74. The Morgan fingerprint density at radius 1 is 1.20 bits per heavy atom. The maximum Gasteiger partial charge on any atom is 0.0112 e. The minimum Gasteiger partial charge on any atom is -0.317 e. The van der Waals surface area contributed by atoms with Gasteiger partial charge in [-0.1, -0.05) is 27.7 Å². The van der Waals surface area contributed by atoms with Crippen molar-refractivity contribution in [2.75, 3.05) is 26.7 Å². The average Bonchev–Trinajstić information content (AvgIpc) is 2.14. The van der Waals surface area contributed by atoms with Gasteiger partial charge in [-0.2, -0.15) is 0 Å². The molecule has 0 aromatic rings. The topological polar surface area (TPSA) is 15.3 Å². The number of nitrogens with one attached hydrogen (secondary N) is 1. The number of hydrogen-bond donors (Lipinski definition) is 1. The normalized spacial score (nSPS) is 14.6. The molecule has 2 nitrogen and oxygen atoms in total. The van der Waals surface area contributed by atoms with E-state index in [1.165, 1.54) is 19.4 Å². The molecule has 0 amide bonds. The zero-order chi connectivity index (χ0) is 11.9. The molecule has 1 N–H and O–H groups in total. The predicted molar refractivity (Wildman–Crippen MR) is 69.3 cm³/mol. The molecular formula is C13H30N2. The Morgan fingerprint density at radius 3 is 2.27 bits per heavy atom. The summed E-state index contributed by atoms with van der Waals surface area (Å²) < 4.78 is 0. The summed E-state index contributed by atoms with van der Waals surface area (Å²) in [7, 11) is 2.23. The van der Waals surface area contributed by atoms with Crippen molar-refractivity contribution < 1.29 is 0 Å². The molecular weight excluding hydrogens is 184 g/mol. The molecule has 0 bridgehead atoms. The Kier molecular flexibility index (Phi) is 7.20. The Labute approximate surface area is 96.4 Å². The summed E-state index contributed by atoms with van der Waals surface area (Å²) >= 11 is 0. The van der Waals surface area contributed by atoms with Crippen molar-refractivity contribution in [2.45, 2.75) is 53.5 Å². The first-order valence-corrected chi connectivity index (χ1v) is 6.30. The lowest BCUT2D eigenvalue weighted by Gasteiger charge is -2.35. The summed E-state index contributed by atoms with van der Waals surface area (Å²) in [5.74, 6) is 0. The van der Waals surface area contributed by atoms with Crippen molar-refractivity contribution in [3.8, 4) is 0 Å². The summed E-state index contributed by atoms with van der Waals surface area (Å²) in [5, 5.41) is 3.44. The molecule has 0 aliphatic carbocycles. The van der Waals surface area contributed by atoms with Gasteiger partial charge in [-0.25, -0.2) is 0 Å². The highest BCUT2D eigenvalue weighted by Gasteiger charge is 2.23. The van der Waals surface area contributed by atoms with E-state index < -0.39 is 0 Å². The molecule has 2 heteroatoms. The van der Waals surface area contributed by atoms with E-state index in [-0.39, 0.29) is 0 Å². The SMILES string of the molecule is CCCNCCCN(C)C(C)C(C)(C)C. The second-order valence-electron chi connectivity index (χ2n) is 5.63. The van der Waals surface area contributed by atoms with E-state index >= 15 is 0 Å². The number of hydrogen-bond acceptors (Lipinski definition) is 2. The third-order valence-corrected chi connectivity index (χ3v) is 3.21. The van der Waals surface area contributed by atoms with Gasteiger partial charge in [0, 0.05) is 6.04 Å². The Morgan fingerprint density at radius 2 is 1.80 bits per heavy atom. The third-order valence-electron chi connectivity index (χ3n) is 3.21. The van der Waals surface area contributed by atoms with Crippen LogP contribution < -0.4 is 5.32 Å². The van der Waals surface area contributed by atoms with E-state index in [1.807, 2.05) is 0 Å². The second-order valence-corrected chi connectivity index (χ2v) is 5.63. The van der Waals surface area contributed by atoms with E-state index in [2.05, 4.69) is 51.9 Å². The van der Waals surface area contributed by atoms with Crippen molar-refractivity contribution >= 4 is 0 Å². The number of nitrogens with zero attached hydrogens (tertiary/aromatic N) is 1. The van der Waals surface area contributed by atoms with Crippen LogP contribution in [0.4, 0.5) is 0 Å². The van der Waals surface area contributed by atoms with Gasteiger partial charge in [0.2, 0.25) is 0 Å². The number of rotatable bonds is 7. The highest BCUT2D eigenvalue weighted by molar-refractivity contribution is 4.77. The first kappa shape index (κ1) is 14.9. The van der Waals surface area contributed by atoms with Crippen LogP contribution >= 0.6 is 0 Å². The van der Waals surface area contributed by atoms with E-state index in [4.69, 9.17) is 0 Å². The van der Waals surface area contributed by atoms with Gasteiger partial charge in [0.25, 0.3) is 0 Å². The molecule has 1 unspecified atom stereocenters. The van der Waals surface area contributed by atoms with Crippen molar-refractivity contribution in [2.24, 2.45) is 5.41 Å². The van der Waals surface area contributed by atoms with Gasteiger partial charge in [0.05, 0.1) is 0 Å². The van der Waals surface area contributed by atoms with Gasteiger partial charge < -0.3 is 10.2 Å². The van der Waals surface area contributed by atoms with Crippen molar-refractivity contribution in [3.05, 3.63) is 0 Å². The fourth-order valence-electron chi connectivity index (χ4n) is 1.61. The molecule has 0 saturated carbocycles. The van der Waals surface area contributed by atoms with Gasteiger partial charge in [0.15, 0.2) is 0 Å². The van der Waals surface area contributed by atoms with Gasteiger partial charge in [-0.05, 0) is 51.9 Å². The molecule has 0 fully saturated rings. The molecule has 0 aliphatic heterocycles. The van der Waals surface area contributed by atoms with Crippen LogP contribution in [-0.2, 0) is 0 Å². The summed E-state index contributed by atoms with van der Waals surface area (Å²) in [6.07, 6.45) is 2.48. The molecule has 0 aliphatic rings. The van der Waals surface area contributed by atoms with Crippen molar-refractivity contribution in [1.29, 1.82) is 0 Å². The summed E-state index contributed by atoms with van der Waals surface area (Å²) in [5.41, 5.74) is 0.381. The molecule has 92 valence electrons. The lowest BCUT2D eigenvalue weighted by Crippen LogP contribution is -2.40. The molecule has 0 aromatic heterocycles. The van der Waals surface area contributed by atoms with Crippen LogP contribution in [0.15, 0.2) is 0 Å². The third kappa shape index (κ3) is 6.91.